The molecule has 1 aliphatic rings. The maximum Gasteiger partial charge on any atom is 0.217 e. The van der Waals surface area contributed by atoms with E-state index in [1.165, 1.54) is 19.3 Å². The molecule has 0 aliphatic heterocycles. The lowest BCUT2D eigenvalue weighted by atomic mass is 9.83. The number of hydrogen-bond acceptors (Lipinski definition) is 3. The lowest BCUT2D eigenvalue weighted by Gasteiger charge is -2.25. The Morgan fingerprint density at radius 2 is 2.15 bits per heavy atom. The summed E-state index contributed by atoms with van der Waals surface area (Å²) < 4.78 is 6.89. The van der Waals surface area contributed by atoms with Gasteiger partial charge in [-0.3, -0.25) is 0 Å². The second-order valence-corrected chi connectivity index (χ2v) is 7.57. The van der Waals surface area contributed by atoms with E-state index in [4.69, 9.17) is 4.74 Å². The highest BCUT2D eigenvalue weighted by atomic mass is 79.9. The summed E-state index contributed by atoms with van der Waals surface area (Å²) in [6.45, 7) is 8.04. The van der Waals surface area contributed by atoms with Crippen LogP contribution in [-0.2, 0) is 6.54 Å². The third-order valence-electron chi connectivity index (χ3n) is 3.69. The summed E-state index contributed by atoms with van der Waals surface area (Å²) in [5.74, 6) is 1.64. The topological polar surface area (TPSA) is 34.2 Å². The Hall–Kier alpha value is -0.610. The molecular weight excluding hydrogens is 316 g/mol. The molecule has 1 fully saturated rings. The van der Waals surface area contributed by atoms with Crippen molar-refractivity contribution >= 4 is 15.9 Å². The van der Waals surface area contributed by atoms with E-state index in [0.717, 1.165) is 41.4 Å². The van der Waals surface area contributed by atoms with Crippen molar-refractivity contribution in [3.63, 3.8) is 0 Å². The Kier molecular flexibility index (Phi) is 5.44. The Balaban J connectivity index is 1.91. The molecule has 0 radical (unpaired) electrons. The zero-order chi connectivity index (χ0) is 14.6. The molecule has 0 aromatic carbocycles. The maximum atomic E-state index is 5.89. The zero-order valence-corrected chi connectivity index (χ0v) is 14.3. The van der Waals surface area contributed by atoms with Gasteiger partial charge >= 0.3 is 0 Å². The normalized spacial score (nSPS) is 16.0. The molecule has 0 bridgehead atoms. The van der Waals surface area contributed by atoms with E-state index in [-0.39, 0.29) is 5.54 Å². The van der Waals surface area contributed by atoms with E-state index in [1.807, 2.05) is 0 Å². The molecule has 1 aromatic heterocycles. The molecule has 1 aromatic rings. The lowest BCUT2D eigenvalue weighted by Crippen LogP contribution is -2.35. The average molecular weight is 341 g/mol. The molecule has 4 heteroatoms. The van der Waals surface area contributed by atoms with Gasteiger partial charge in [0.2, 0.25) is 5.88 Å². The van der Waals surface area contributed by atoms with Crippen LogP contribution in [0, 0.1) is 5.92 Å². The van der Waals surface area contributed by atoms with Crippen molar-refractivity contribution in [1.82, 2.24) is 10.3 Å². The van der Waals surface area contributed by atoms with Crippen molar-refractivity contribution in [2.24, 2.45) is 5.92 Å². The molecule has 0 spiro atoms. The maximum absolute atomic E-state index is 5.89. The van der Waals surface area contributed by atoms with Gasteiger partial charge in [-0.25, -0.2) is 4.98 Å². The van der Waals surface area contributed by atoms with Crippen molar-refractivity contribution in [2.45, 2.75) is 58.5 Å². The van der Waals surface area contributed by atoms with Crippen LogP contribution in [0.1, 0.15) is 52.0 Å². The predicted octanol–water partition coefficient (Wildman–Crippen LogP) is 4.30. The van der Waals surface area contributed by atoms with Crippen LogP contribution in [0.5, 0.6) is 5.88 Å². The molecule has 112 valence electrons. The standard InChI is InChI=1S/C16H25BrN2O/c1-16(2,3)19-10-13-9-14(17)11-18-15(13)20-8-7-12-5-4-6-12/h9,11-12,19H,4-8,10H2,1-3H3. The molecule has 2 rings (SSSR count). The fourth-order valence-electron chi connectivity index (χ4n) is 2.19. The molecule has 3 nitrogen and oxygen atoms in total. The van der Waals surface area contributed by atoms with E-state index in [2.05, 4.69) is 53.1 Å². The third-order valence-corrected chi connectivity index (χ3v) is 4.12. The van der Waals surface area contributed by atoms with E-state index in [9.17, 15) is 0 Å². The number of aromatic nitrogens is 1. The van der Waals surface area contributed by atoms with Gasteiger partial charge in [0, 0.05) is 28.3 Å². The van der Waals surface area contributed by atoms with E-state index >= 15 is 0 Å². The van der Waals surface area contributed by atoms with Crippen molar-refractivity contribution in [3.8, 4) is 5.88 Å². The summed E-state index contributed by atoms with van der Waals surface area (Å²) in [6, 6.07) is 2.09. The van der Waals surface area contributed by atoms with Crippen molar-refractivity contribution in [1.29, 1.82) is 0 Å². The van der Waals surface area contributed by atoms with Crippen LogP contribution in [0.2, 0.25) is 0 Å². The van der Waals surface area contributed by atoms with Crippen molar-refractivity contribution < 1.29 is 4.74 Å². The molecule has 1 saturated carbocycles. The molecule has 1 heterocycles. The highest BCUT2D eigenvalue weighted by molar-refractivity contribution is 9.10. The minimum atomic E-state index is 0.0888. The first-order valence-electron chi connectivity index (χ1n) is 7.46. The highest BCUT2D eigenvalue weighted by Gasteiger charge is 2.18. The van der Waals surface area contributed by atoms with Gasteiger partial charge in [-0.15, -0.1) is 0 Å². The Morgan fingerprint density at radius 1 is 1.40 bits per heavy atom. The SMILES string of the molecule is CC(C)(C)NCc1cc(Br)cnc1OCCC1CCC1. The summed E-state index contributed by atoms with van der Waals surface area (Å²) in [6.07, 6.45) is 7.09. The number of pyridine rings is 1. The van der Waals surface area contributed by atoms with Gasteiger partial charge in [0.15, 0.2) is 0 Å². The summed E-state index contributed by atoms with van der Waals surface area (Å²) in [5, 5.41) is 3.49. The van der Waals surface area contributed by atoms with E-state index < -0.39 is 0 Å². The summed E-state index contributed by atoms with van der Waals surface area (Å²) in [4.78, 5) is 4.41. The smallest absolute Gasteiger partial charge is 0.217 e. The Labute approximate surface area is 130 Å². The van der Waals surface area contributed by atoms with Crippen LogP contribution in [0.25, 0.3) is 0 Å². The minimum absolute atomic E-state index is 0.0888. The Bertz CT molecular complexity index is 439. The van der Waals surface area contributed by atoms with E-state index in [1.54, 1.807) is 6.20 Å². The van der Waals surface area contributed by atoms with Gasteiger partial charge in [-0.05, 0) is 55.1 Å². The monoisotopic (exact) mass is 340 g/mol. The van der Waals surface area contributed by atoms with Crippen LogP contribution in [0.4, 0.5) is 0 Å². The molecule has 1 N–H and O–H groups in total. The highest BCUT2D eigenvalue weighted by Crippen LogP contribution is 2.29. The number of rotatable bonds is 6. The fourth-order valence-corrected chi connectivity index (χ4v) is 2.57. The number of hydrogen-bond donors (Lipinski definition) is 1. The van der Waals surface area contributed by atoms with Gasteiger partial charge < -0.3 is 10.1 Å². The third kappa shape index (κ3) is 5.06. The van der Waals surface area contributed by atoms with Gasteiger partial charge in [-0.1, -0.05) is 19.3 Å². The lowest BCUT2D eigenvalue weighted by molar-refractivity contribution is 0.215. The second-order valence-electron chi connectivity index (χ2n) is 6.66. The van der Waals surface area contributed by atoms with Crippen LogP contribution in [0.3, 0.4) is 0 Å². The molecule has 0 saturated heterocycles. The molecule has 0 unspecified atom stereocenters. The van der Waals surface area contributed by atoms with Crippen LogP contribution < -0.4 is 10.1 Å². The minimum Gasteiger partial charge on any atom is -0.477 e. The summed E-state index contributed by atoms with van der Waals surface area (Å²) in [7, 11) is 0. The number of nitrogens with zero attached hydrogens (tertiary/aromatic N) is 1. The van der Waals surface area contributed by atoms with Crippen LogP contribution in [-0.4, -0.2) is 17.1 Å². The Morgan fingerprint density at radius 3 is 2.75 bits per heavy atom. The molecule has 1 aliphatic carbocycles. The first-order valence-corrected chi connectivity index (χ1v) is 8.25. The van der Waals surface area contributed by atoms with Gasteiger partial charge in [-0.2, -0.15) is 0 Å². The summed E-state index contributed by atoms with van der Waals surface area (Å²) in [5.41, 5.74) is 1.20. The van der Waals surface area contributed by atoms with Crippen molar-refractivity contribution in [2.75, 3.05) is 6.61 Å². The quantitative estimate of drug-likeness (QED) is 0.838. The molecular formula is C16H25BrN2O. The van der Waals surface area contributed by atoms with E-state index in [0.29, 0.717) is 0 Å². The number of halogens is 1. The van der Waals surface area contributed by atoms with Crippen LogP contribution in [0.15, 0.2) is 16.7 Å². The molecule has 20 heavy (non-hydrogen) atoms. The second kappa shape index (κ2) is 6.90. The number of nitrogens with one attached hydrogen (secondary N) is 1. The first-order chi connectivity index (χ1) is 9.44. The molecule has 0 atom stereocenters. The fraction of sp³-hybridized carbons (Fsp3) is 0.688. The van der Waals surface area contributed by atoms with Gasteiger partial charge in [0.25, 0.3) is 0 Å². The number of ether oxygens (including phenoxy) is 1. The summed E-state index contributed by atoms with van der Waals surface area (Å²) >= 11 is 3.48. The van der Waals surface area contributed by atoms with Crippen LogP contribution >= 0.6 is 15.9 Å². The first kappa shape index (κ1) is 15.8. The van der Waals surface area contributed by atoms with Crippen molar-refractivity contribution in [3.05, 3.63) is 22.3 Å². The predicted molar refractivity (Wildman–Crippen MR) is 86.0 cm³/mol. The largest absolute Gasteiger partial charge is 0.477 e. The van der Waals surface area contributed by atoms with Gasteiger partial charge in [0.1, 0.15) is 0 Å². The average Bonchev–Trinajstić information content (AvgIpc) is 2.30. The van der Waals surface area contributed by atoms with Gasteiger partial charge in [0.05, 0.1) is 6.61 Å². The zero-order valence-electron chi connectivity index (χ0n) is 12.7. The molecule has 0 amide bonds.